The predicted molar refractivity (Wildman–Crippen MR) is 125 cm³/mol. The SMILES string of the molecule is COc1ccc(-c2nsc3c(N4CCN(S(=O)(=O)c5ccc(F)cc5)CC4)ncnc23)cc1. The van der Waals surface area contributed by atoms with Gasteiger partial charge in [0.25, 0.3) is 0 Å². The molecule has 0 atom stereocenters. The van der Waals surface area contributed by atoms with Gasteiger partial charge in [-0.1, -0.05) is 0 Å². The number of piperazine rings is 1. The van der Waals surface area contributed by atoms with E-state index >= 15 is 0 Å². The summed E-state index contributed by atoms with van der Waals surface area (Å²) in [6, 6.07) is 12.5. The second-order valence-corrected chi connectivity index (χ2v) is 10.2. The molecule has 1 aliphatic heterocycles. The number of hydrogen-bond acceptors (Lipinski definition) is 8. The van der Waals surface area contributed by atoms with Crippen molar-refractivity contribution in [1.82, 2.24) is 18.6 Å². The Balaban J connectivity index is 1.37. The summed E-state index contributed by atoms with van der Waals surface area (Å²) in [7, 11) is -2.05. The molecule has 0 amide bonds. The molecule has 0 saturated carbocycles. The summed E-state index contributed by atoms with van der Waals surface area (Å²) in [6.45, 7) is 1.55. The van der Waals surface area contributed by atoms with Gasteiger partial charge in [0.2, 0.25) is 10.0 Å². The van der Waals surface area contributed by atoms with Gasteiger partial charge in [-0.2, -0.15) is 8.68 Å². The molecule has 1 saturated heterocycles. The summed E-state index contributed by atoms with van der Waals surface area (Å²) < 4.78 is 51.1. The van der Waals surface area contributed by atoms with Crippen LogP contribution in [0.2, 0.25) is 0 Å². The number of anilines is 1. The molecule has 11 heteroatoms. The fraction of sp³-hybridized carbons (Fsp3) is 0.227. The number of benzene rings is 2. The van der Waals surface area contributed by atoms with Crippen molar-refractivity contribution in [3.63, 3.8) is 0 Å². The number of rotatable bonds is 5. The lowest BCUT2D eigenvalue weighted by Gasteiger charge is -2.34. The third-order valence-corrected chi connectivity index (χ3v) is 8.34. The van der Waals surface area contributed by atoms with Crippen molar-refractivity contribution in [2.24, 2.45) is 0 Å². The Morgan fingerprint density at radius 1 is 0.970 bits per heavy atom. The molecule has 8 nitrogen and oxygen atoms in total. The lowest BCUT2D eigenvalue weighted by atomic mass is 10.1. The minimum absolute atomic E-state index is 0.0911. The van der Waals surface area contributed by atoms with Gasteiger partial charge in [0, 0.05) is 31.7 Å². The van der Waals surface area contributed by atoms with Gasteiger partial charge in [0.1, 0.15) is 33.8 Å². The zero-order valence-electron chi connectivity index (χ0n) is 17.7. The predicted octanol–water partition coefficient (Wildman–Crippen LogP) is 3.41. The monoisotopic (exact) mass is 485 g/mol. The van der Waals surface area contributed by atoms with Gasteiger partial charge in [0.15, 0.2) is 5.82 Å². The van der Waals surface area contributed by atoms with Gasteiger partial charge in [-0.15, -0.1) is 0 Å². The van der Waals surface area contributed by atoms with Crippen molar-refractivity contribution >= 4 is 37.6 Å². The van der Waals surface area contributed by atoms with E-state index < -0.39 is 15.8 Å². The van der Waals surface area contributed by atoms with E-state index in [4.69, 9.17) is 4.74 Å². The zero-order valence-corrected chi connectivity index (χ0v) is 19.3. The minimum atomic E-state index is -3.68. The maximum atomic E-state index is 13.2. The minimum Gasteiger partial charge on any atom is -0.497 e. The molecule has 0 unspecified atom stereocenters. The standard InChI is InChI=1S/C22H20FN5O3S2/c1-31-17-6-2-15(3-7-17)19-20-21(32-26-19)22(25-14-24-20)27-10-12-28(13-11-27)33(29,30)18-8-4-16(23)5-9-18/h2-9,14H,10-13H2,1H3. The van der Waals surface area contributed by atoms with Crippen molar-refractivity contribution in [2.45, 2.75) is 4.90 Å². The molecule has 4 aromatic rings. The molecule has 3 heterocycles. The lowest BCUT2D eigenvalue weighted by molar-refractivity contribution is 0.384. The highest BCUT2D eigenvalue weighted by Gasteiger charge is 2.30. The largest absolute Gasteiger partial charge is 0.497 e. The Morgan fingerprint density at radius 2 is 1.67 bits per heavy atom. The highest BCUT2D eigenvalue weighted by molar-refractivity contribution is 7.89. The van der Waals surface area contributed by atoms with Crippen LogP contribution in [0.25, 0.3) is 21.5 Å². The van der Waals surface area contributed by atoms with E-state index in [0.717, 1.165) is 45.2 Å². The molecular formula is C22H20FN5O3S2. The van der Waals surface area contributed by atoms with Crippen LogP contribution in [0.3, 0.4) is 0 Å². The van der Waals surface area contributed by atoms with E-state index in [1.54, 1.807) is 7.11 Å². The first kappa shape index (κ1) is 21.7. The molecule has 5 rings (SSSR count). The molecule has 1 fully saturated rings. The molecule has 2 aromatic carbocycles. The fourth-order valence-corrected chi connectivity index (χ4v) is 6.11. The number of fused-ring (bicyclic) bond motifs is 1. The molecular weight excluding hydrogens is 465 g/mol. The fourth-order valence-electron chi connectivity index (χ4n) is 3.81. The number of halogens is 1. The third kappa shape index (κ3) is 4.03. The molecule has 0 spiro atoms. The smallest absolute Gasteiger partial charge is 0.243 e. The van der Waals surface area contributed by atoms with Crippen LogP contribution in [0, 0.1) is 5.82 Å². The van der Waals surface area contributed by atoms with E-state index in [1.807, 2.05) is 24.3 Å². The molecule has 0 N–H and O–H groups in total. The van der Waals surface area contributed by atoms with Gasteiger partial charge in [-0.25, -0.2) is 22.8 Å². The Bertz CT molecular complexity index is 1380. The van der Waals surface area contributed by atoms with Crippen LogP contribution in [-0.2, 0) is 10.0 Å². The van der Waals surface area contributed by atoms with Gasteiger partial charge >= 0.3 is 0 Å². The summed E-state index contributed by atoms with van der Waals surface area (Å²) in [6.07, 6.45) is 1.51. The summed E-state index contributed by atoms with van der Waals surface area (Å²) >= 11 is 1.33. The van der Waals surface area contributed by atoms with Crippen LogP contribution in [0.4, 0.5) is 10.2 Å². The lowest BCUT2D eigenvalue weighted by Crippen LogP contribution is -2.48. The molecule has 0 aliphatic carbocycles. The van der Waals surface area contributed by atoms with Gasteiger partial charge < -0.3 is 9.64 Å². The molecule has 0 bridgehead atoms. The maximum Gasteiger partial charge on any atom is 0.243 e. The van der Waals surface area contributed by atoms with E-state index in [-0.39, 0.29) is 4.90 Å². The quantitative estimate of drug-likeness (QED) is 0.428. The first-order valence-corrected chi connectivity index (χ1v) is 12.4. The second kappa shape index (κ2) is 8.65. The van der Waals surface area contributed by atoms with Crippen molar-refractivity contribution in [1.29, 1.82) is 0 Å². The van der Waals surface area contributed by atoms with Crippen molar-refractivity contribution in [2.75, 3.05) is 38.2 Å². The van der Waals surface area contributed by atoms with Crippen molar-refractivity contribution < 1.29 is 17.5 Å². The summed E-state index contributed by atoms with van der Waals surface area (Å²) in [4.78, 5) is 11.1. The van der Waals surface area contributed by atoms with Crippen LogP contribution < -0.4 is 9.64 Å². The molecule has 1 aliphatic rings. The van der Waals surface area contributed by atoms with Crippen LogP contribution >= 0.6 is 11.5 Å². The van der Waals surface area contributed by atoms with Gasteiger partial charge in [-0.05, 0) is 60.1 Å². The maximum absolute atomic E-state index is 13.2. The molecule has 2 aromatic heterocycles. The normalized spacial score (nSPS) is 15.2. The number of aromatic nitrogens is 3. The Morgan fingerprint density at radius 3 is 2.33 bits per heavy atom. The third-order valence-electron chi connectivity index (χ3n) is 5.59. The summed E-state index contributed by atoms with van der Waals surface area (Å²) in [5.41, 5.74) is 2.47. The molecule has 170 valence electrons. The Hall–Kier alpha value is -3.15. The number of hydrogen-bond donors (Lipinski definition) is 0. The number of methoxy groups -OCH3 is 1. The zero-order chi connectivity index (χ0) is 23.0. The highest BCUT2D eigenvalue weighted by Crippen LogP contribution is 2.35. The van der Waals surface area contributed by atoms with E-state index in [1.165, 1.54) is 34.3 Å². The average molecular weight is 486 g/mol. The van der Waals surface area contributed by atoms with Gasteiger partial charge in [-0.3, -0.25) is 0 Å². The van der Waals surface area contributed by atoms with Crippen LogP contribution in [0.5, 0.6) is 5.75 Å². The van der Waals surface area contributed by atoms with Gasteiger partial charge in [0.05, 0.1) is 12.0 Å². The van der Waals surface area contributed by atoms with E-state index in [0.29, 0.717) is 26.2 Å². The van der Waals surface area contributed by atoms with E-state index in [9.17, 15) is 12.8 Å². The topological polar surface area (TPSA) is 88.5 Å². The van der Waals surface area contributed by atoms with Crippen molar-refractivity contribution in [3.8, 4) is 17.0 Å². The number of nitrogens with zero attached hydrogens (tertiary/aromatic N) is 5. The van der Waals surface area contributed by atoms with Crippen LogP contribution in [0.15, 0.2) is 59.8 Å². The highest BCUT2D eigenvalue weighted by atomic mass is 32.2. The molecule has 33 heavy (non-hydrogen) atoms. The second-order valence-electron chi connectivity index (χ2n) is 7.48. The van der Waals surface area contributed by atoms with E-state index in [2.05, 4.69) is 19.2 Å². The Labute approximate surface area is 194 Å². The molecule has 0 radical (unpaired) electrons. The van der Waals surface area contributed by atoms with Crippen molar-refractivity contribution in [3.05, 3.63) is 60.7 Å². The summed E-state index contributed by atoms with van der Waals surface area (Å²) in [5.74, 6) is 1.04. The first-order valence-electron chi connectivity index (χ1n) is 10.2. The first-order chi connectivity index (χ1) is 16.0. The average Bonchev–Trinajstić information content (AvgIpc) is 3.29. The Kier molecular flexibility index (Phi) is 5.69. The van der Waals surface area contributed by atoms with Crippen LogP contribution in [0.1, 0.15) is 0 Å². The number of ether oxygens (including phenoxy) is 1. The summed E-state index contributed by atoms with van der Waals surface area (Å²) in [5, 5.41) is 0. The number of sulfonamides is 1. The van der Waals surface area contributed by atoms with Crippen LogP contribution in [-0.4, -0.2) is 60.4 Å².